The number of hydrogen-bond acceptors (Lipinski definition) is 6. The summed E-state index contributed by atoms with van der Waals surface area (Å²) in [7, 11) is 1.61. The normalized spacial score (nSPS) is 12.7. The second kappa shape index (κ2) is 9.51. The zero-order valence-corrected chi connectivity index (χ0v) is 21.8. The number of carbonyl (C=O) groups is 1. The summed E-state index contributed by atoms with van der Waals surface area (Å²) in [5.41, 5.74) is 0.474. The van der Waals surface area contributed by atoms with E-state index in [1.54, 1.807) is 45.4 Å². The summed E-state index contributed by atoms with van der Waals surface area (Å²) < 4.78 is 23.1. The predicted octanol–water partition coefficient (Wildman–Crippen LogP) is 4.93. The van der Waals surface area contributed by atoms with Crippen LogP contribution < -0.4 is 15.6 Å². The van der Waals surface area contributed by atoms with Gasteiger partial charge in [-0.2, -0.15) is 0 Å². The number of halogens is 1. The van der Waals surface area contributed by atoms with Gasteiger partial charge in [0.25, 0.3) is 11.5 Å². The lowest BCUT2D eigenvalue weighted by Gasteiger charge is -2.22. The first-order valence-corrected chi connectivity index (χ1v) is 12.4. The Kier molecular flexibility index (Phi) is 6.76. The van der Waals surface area contributed by atoms with Gasteiger partial charge < -0.3 is 24.7 Å². The van der Waals surface area contributed by atoms with Crippen LogP contribution in [0.25, 0.3) is 21.3 Å². The minimum absolute atomic E-state index is 0.243. The third kappa shape index (κ3) is 4.54. The maximum absolute atomic E-state index is 15.5. The van der Waals surface area contributed by atoms with Crippen molar-refractivity contribution in [3.05, 3.63) is 62.6 Å². The van der Waals surface area contributed by atoms with Gasteiger partial charge >= 0.3 is 0 Å². The van der Waals surface area contributed by atoms with Crippen molar-refractivity contribution in [3.8, 4) is 22.1 Å². The number of hydrogen-bond donors (Lipinski definition) is 3. The number of nitrogens with zero attached hydrogens (tertiary/aromatic N) is 2. The number of H-pyrrole nitrogens is 1. The van der Waals surface area contributed by atoms with Crippen molar-refractivity contribution in [1.29, 1.82) is 0 Å². The summed E-state index contributed by atoms with van der Waals surface area (Å²) in [6, 6.07) is 5.26. The number of aryl methyl sites for hydroxylation is 2. The molecule has 0 aliphatic heterocycles. The van der Waals surface area contributed by atoms with Crippen LogP contribution >= 0.6 is 11.3 Å². The maximum Gasteiger partial charge on any atom is 0.274 e. The van der Waals surface area contributed by atoms with Crippen LogP contribution in [-0.2, 0) is 7.05 Å². The van der Waals surface area contributed by atoms with Crippen LogP contribution in [0.3, 0.4) is 0 Å². The highest BCUT2D eigenvalue weighted by molar-refractivity contribution is 7.16. The van der Waals surface area contributed by atoms with Gasteiger partial charge in [0, 0.05) is 52.9 Å². The van der Waals surface area contributed by atoms with Crippen LogP contribution in [-0.4, -0.2) is 37.7 Å². The molecule has 4 aromatic heterocycles. The molecular weight excluding hydrogens is 483 g/mol. The van der Waals surface area contributed by atoms with E-state index in [4.69, 9.17) is 4.74 Å². The second-order valence-electron chi connectivity index (χ2n) is 9.28. The molecule has 1 unspecified atom stereocenters. The maximum atomic E-state index is 15.5. The third-order valence-electron chi connectivity index (χ3n) is 5.93. The molecular formula is C26H29FN4O4S. The molecule has 0 spiro atoms. The third-order valence-corrected chi connectivity index (χ3v) is 7.27. The van der Waals surface area contributed by atoms with Gasteiger partial charge in [-0.3, -0.25) is 9.59 Å². The van der Waals surface area contributed by atoms with Crippen LogP contribution in [0.5, 0.6) is 11.6 Å². The summed E-state index contributed by atoms with van der Waals surface area (Å²) in [5.74, 6) is 0.406. The van der Waals surface area contributed by atoms with Gasteiger partial charge in [0.15, 0.2) is 11.9 Å². The van der Waals surface area contributed by atoms with E-state index < -0.39 is 11.8 Å². The molecule has 0 aliphatic carbocycles. The van der Waals surface area contributed by atoms with Gasteiger partial charge in [0.1, 0.15) is 11.2 Å². The van der Waals surface area contributed by atoms with Gasteiger partial charge in [-0.1, -0.05) is 6.07 Å². The van der Waals surface area contributed by atoms with Crippen LogP contribution in [0.15, 0.2) is 35.4 Å². The fourth-order valence-electron chi connectivity index (χ4n) is 3.95. The zero-order valence-electron chi connectivity index (χ0n) is 21.0. The lowest BCUT2D eigenvalue weighted by atomic mass is 9.99. The lowest BCUT2D eigenvalue weighted by Crippen LogP contribution is -2.25. The van der Waals surface area contributed by atoms with Crippen LogP contribution in [0, 0.1) is 13.8 Å². The number of ether oxygens (including phenoxy) is 1. The molecule has 0 radical (unpaired) electrons. The second-order valence-corrected chi connectivity index (χ2v) is 10.3. The number of nitrogens with one attached hydrogen (secondary N) is 2. The van der Waals surface area contributed by atoms with E-state index in [9.17, 15) is 14.7 Å². The molecule has 0 saturated heterocycles. The molecule has 1 amide bonds. The Morgan fingerprint density at radius 1 is 1.39 bits per heavy atom. The van der Waals surface area contributed by atoms with Crippen LogP contribution in [0.4, 0.5) is 4.39 Å². The number of aromatic amines is 1. The van der Waals surface area contributed by atoms with E-state index in [1.807, 2.05) is 13.0 Å². The quantitative estimate of drug-likeness (QED) is 0.325. The Balaban J connectivity index is 2.01. The van der Waals surface area contributed by atoms with Crippen molar-refractivity contribution in [2.45, 2.75) is 46.4 Å². The van der Waals surface area contributed by atoms with E-state index >= 15 is 4.39 Å². The highest BCUT2D eigenvalue weighted by atomic mass is 32.1. The van der Waals surface area contributed by atoms with Gasteiger partial charge in [0.05, 0.1) is 10.5 Å². The smallest absolute Gasteiger partial charge is 0.274 e. The largest absolute Gasteiger partial charge is 0.437 e. The molecule has 8 nitrogen and oxygen atoms in total. The van der Waals surface area contributed by atoms with Crippen LogP contribution in [0.1, 0.15) is 53.4 Å². The van der Waals surface area contributed by atoms with Crippen molar-refractivity contribution in [1.82, 2.24) is 19.9 Å². The molecule has 4 aromatic rings. The molecule has 36 heavy (non-hydrogen) atoms. The first-order chi connectivity index (χ1) is 16.9. The van der Waals surface area contributed by atoms with Gasteiger partial charge in [-0.05, 0) is 46.8 Å². The monoisotopic (exact) mass is 512 g/mol. The number of alkyl halides is 1. The average molecular weight is 513 g/mol. The molecule has 10 heteroatoms. The van der Waals surface area contributed by atoms with E-state index in [0.29, 0.717) is 44.4 Å². The Hall–Kier alpha value is -3.50. The summed E-state index contributed by atoms with van der Waals surface area (Å²) >= 11 is 1.14. The molecule has 3 N–H and O–H groups in total. The molecule has 0 bridgehead atoms. The standard InChI is InChI=1S/C26H29FN4O4S/c1-7-28-23(32)17-11-15-16(12-31(6)25(33)18(15)30-17)21-19(35-24-13(2)9-8-10-29-24)14(3)20(36-21)22(27)26(4,5)34/h8-12,22,30,34H,7H2,1-6H3,(H,28,32). The number of amides is 1. The van der Waals surface area contributed by atoms with E-state index in [2.05, 4.69) is 15.3 Å². The van der Waals surface area contributed by atoms with Crippen molar-refractivity contribution in [2.24, 2.45) is 7.05 Å². The first-order valence-electron chi connectivity index (χ1n) is 11.5. The molecule has 0 aromatic carbocycles. The number of carbonyl (C=O) groups excluding carboxylic acids is 1. The Morgan fingerprint density at radius 3 is 2.75 bits per heavy atom. The average Bonchev–Trinajstić information content (AvgIpc) is 3.40. The van der Waals surface area contributed by atoms with Crippen molar-refractivity contribution in [3.63, 3.8) is 0 Å². The molecule has 4 heterocycles. The van der Waals surface area contributed by atoms with Gasteiger partial charge in [0.2, 0.25) is 5.88 Å². The SMILES string of the molecule is CCNC(=O)c1cc2c(-c3sc(C(F)C(C)(C)O)c(C)c3Oc3ncccc3C)cn(C)c(=O)c2[nH]1. The van der Waals surface area contributed by atoms with Crippen molar-refractivity contribution < 1.29 is 19.0 Å². The molecule has 4 rings (SSSR count). The number of aromatic nitrogens is 3. The number of fused-ring (bicyclic) bond motifs is 1. The Morgan fingerprint density at radius 2 is 2.11 bits per heavy atom. The highest BCUT2D eigenvalue weighted by Crippen LogP contribution is 2.50. The number of aliphatic hydroxyl groups is 1. The minimum atomic E-state index is -1.68. The molecule has 0 saturated carbocycles. The summed E-state index contributed by atoms with van der Waals surface area (Å²) in [5, 5.41) is 13.7. The fourth-order valence-corrected chi connectivity index (χ4v) is 5.36. The topological polar surface area (TPSA) is 109 Å². The number of pyridine rings is 2. The highest BCUT2D eigenvalue weighted by Gasteiger charge is 2.34. The summed E-state index contributed by atoms with van der Waals surface area (Å²) in [6.45, 7) is 8.65. The number of rotatable bonds is 7. The minimum Gasteiger partial charge on any atom is -0.437 e. The summed E-state index contributed by atoms with van der Waals surface area (Å²) in [4.78, 5) is 33.5. The fraction of sp³-hybridized carbons (Fsp3) is 0.346. The van der Waals surface area contributed by atoms with E-state index in [-0.39, 0.29) is 22.7 Å². The van der Waals surface area contributed by atoms with E-state index in [0.717, 1.165) is 16.9 Å². The van der Waals surface area contributed by atoms with Crippen molar-refractivity contribution in [2.75, 3.05) is 6.54 Å². The van der Waals surface area contributed by atoms with E-state index in [1.165, 1.54) is 18.4 Å². The summed E-state index contributed by atoms with van der Waals surface area (Å²) in [6.07, 6.45) is 1.57. The molecule has 0 fully saturated rings. The van der Waals surface area contributed by atoms with Crippen molar-refractivity contribution >= 4 is 28.1 Å². The number of thiophene rings is 1. The molecule has 0 aliphatic rings. The van der Waals surface area contributed by atoms with Crippen LogP contribution in [0.2, 0.25) is 0 Å². The Bertz CT molecular complexity index is 1510. The first kappa shape index (κ1) is 25.6. The van der Waals surface area contributed by atoms with Gasteiger partial charge in [-0.25, -0.2) is 9.37 Å². The lowest BCUT2D eigenvalue weighted by molar-refractivity contribution is -0.00286. The zero-order chi connectivity index (χ0) is 26.4. The molecule has 190 valence electrons. The molecule has 1 atom stereocenters. The Labute approximate surface area is 211 Å². The predicted molar refractivity (Wildman–Crippen MR) is 139 cm³/mol. The van der Waals surface area contributed by atoms with Gasteiger partial charge in [-0.15, -0.1) is 11.3 Å².